The minimum atomic E-state index is -0.572. The van der Waals surface area contributed by atoms with Crippen molar-refractivity contribution in [2.24, 2.45) is 12.8 Å². The van der Waals surface area contributed by atoms with Crippen molar-refractivity contribution in [3.05, 3.63) is 36.3 Å². The van der Waals surface area contributed by atoms with Crippen molar-refractivity contribution < 1.29 is 9.53 Å². The monoisotopic (exact) mass is 338 g/mol. The quantitative estimate of drug-likeness (QED) is 0.764. The molecule has 1 amide bonds. The molecular formula is C17H18N6O2. The largest absolute Gasteiger partial charge is 0.378 e. The van der Waals surface area contributed by atoms with Crippen molar-refractivity contribution in [2.45, 2.75) is 0 Å². The molecule has 128 valence electrons. The van der Waals surface area contributed by atoms with Gasteiger partial charge in [0.2, 0.25) is 5.95 Å². The van der Waals surface area contributed by atoms with Gasteiger partial charge in [0.05, 0.1) is 24.9 Å². The number of nitrogens with zero attached hydrogens (tertiary/aromatic N) is 5. The minimum Gasteiger partial charge on any atom is -0.378 e. The van der Waals surface area contributed by atoms with Crippen LogP contribution >= 0.6 is 0 Å². The molecular weight excluding hydrogens is 320 g/mol. The van der Waals surface area contributed by atoms with E-state index in [-0.39, 0.29) is 5.69 Å². The van der Waals surface area contributed by atoms with E-state index in [0.717, 1.165) is 16.5 Å². The number of aromatic nitrogens is 4. The third-order valence-corrected chi connectivity index (χ3v) is 4.36. The Balaban J connectivity index is 1.79. The fraction of sp³-hybridized carbons (Fsp3) is 0.294. The van der Waals surface area contributed by atoms with E-state index < -0.39 is 5.91 Å². The van der Waals surface area contributed by atoms with Crippen molar-refractivity contribution in [3.63, 3.8) is 0 Å². The third-order valence-electron chi connectivity index (χ3n) is 4.36. The van der Waals surface area contributed by atoms with Gasteiger partial charge >= 0.3 is 0 Å². The summed E-state index contributed by atoms with van der Waals surface area (Å²) in [6.07, 6.45) is 3.46. The lowest BCUT2D eigenvalue weighted by Crippen LogP contribution is -2.37. The van der Waals surface area contributed by atoms with Crippen LogP contribution in [0.25, 0.3) is 22.0 Å². The number of morpholine rings is 1. The van der Waals surface area contributed by atoms with Gasteiger partial charge in [-0.3, -0.25) is 9.48 Å². The van der Waals surface area contributed by atoms with Crippen LogP contribution in [0.5, 0.6) is 0 Å². The Hall–Kier alpha value is -3.00. The maximum absolute atomic E-state index is 12.0. The summed E-state index contributed by atoms with van der Waals surface area (Å²) in [5, 5.41) is 5.26. The van der Waals surface area contributed by atoms with E-state index in [4.69, 9.17) is 10.5 Å². The molecule has 3 heterocycles. The van der Waals surface area contributed by atoms with Gasteiger partial charge in [-0.15, -0.1) is 0 Å². The van der Waals surface area contributed by atoms with Gasteiger partial charge in [-0.25, -0.2) is 9.97 Å². The lowest BCUT2D eigenvalue weighted by molar-refractivity contribution is 0.0996. The fourth-order valence-corrected chi connectivity index (χ4v) is 3.00. The summed E-state index contributed by atoms with van der Waals surface area (Å²) in [5.74, 6) is -0.0699. The number of amides is 1. The van der Waals surface area contributed by atoms with E-state index in [1.54, 1.807) is 17.1 Å². The molecule has 3 aromatic rings. The minimum absolute atomic E-state index is 0.220. The number of nitrogens with two attached hydrogens (primary N) is 1. The molecule has 1 saturated heterocycles. The van der Waals surface area contributed by atoms with Crippen LogP contribution in [-0.4, -0.2) is 52.0 Å². The van der Waals surface area contributed by atoms with Crippen molar-refractivity contribution >= 4 is 22.8 Å². The second-order valence-corrected chi connectivity index (χ2v) is 5.94. The SMILES string of the molecule is Cn1ncc2ccc(-c3cnc(N4CCOCC4)nc3C(N)=O)cc21. The number of rotatable bonds is 3. The predicted octanol–water partition coefficient (Wildman–Crippen LogP) is 0.966. The zero-order valence-electron chi connectivity index (χ0n) is 13.8. The lowest BCUT2D eigenvalue weighted by atomic mass is 10.0. The van der Waals surface area contributed by atoms with Gasteiger partial charge in [0.15, 0.2) is 0 Å². The Bertz CT molecular complexity index is 945. The molecule has 1 aromatic carbocycles. The first-order chi connectivity index (χ1) is 12.1. The molecule has 25 heavy (non-hydrogen) atoms. The molecule has 2 N–H and O–H groups in total. The topological polar surface area (TPSA) is 99.2 Å². The van der Waals surface area contributed by atoms with Crippen LogP contribution in [0.4, 0.5) is 5.95 Å². The van der Waals surface area contributed by atoms with E-state index in [9.17, 15) is 4.79 Å². The summed E-state index contributed by atoms with van der Waals surface area (Å²) < 4.78 is 7.12. The zero-order valence-corrected chi connectivity index (χ0v) is 13.8. The van der Waals surface area contributed by atoms with Gasteiger partial charge < -0.3 is 15.4 Å². The van der Waals surface area contributed by atoms with Crippen LogP contribution in [0, 0.1) is 0 Å². The van der Waals surface area contributed by atoms with Crippen molar-refractivity contribution in [2.75, 3.05) is 31.2 Å². The van der Waals surface area contributed by atoms with Gasteiger partial charge in [0, 0.05) is 37.3 Å². The lowest BCUT2D eigenvalue weighted by Gasteiger charge is -2.27. The average molecular weight is 338 g/mol. The first-order valence-corrected chi connectivity index (χ1v) is 8.05. The summed E-state index contributed by atoms with van der Waals surface area (Å²) in [6, 6.07) is 5.84. The van der Waals surface area contributed by atoms with Gasteiger partial charge in [-0.05, 0) is 11.6 Å². The second-order valence-electron chi connectivity index (χ2n) is 5.94. The Morgan fingerprint density at radius 1 is 1.24 bits per heavy atom. The highest BCUT2D eigenvalue weighted by Crippen LogP contribution is 2.27. The number of primary amides is 1. The van der Waals surface area contributed by atoms with E-state index in [2.05, 4.69) is 15.1 Å². The van der Waals surface area contributed by atoms with Crippen molar-refractivity contribution in [1.82, 2.24) is 19.7 Å². The Kier molecular flexibility index (Phi) is 3.81. The molecule has 8 nitrogen and oxygen atoms in total. The number of ether oxygens (including phenoxy) is 1. The second kappa shape index (κ2) is 6.14. The van der Waals surface area contributed by atoms with Crippen LogP contribution in [-0.2, 0) is 11.8 Å². The average Bonchev–Trinajstić information content (AvgIpc) is 3.02. The van der Waals surface area contributed by atoms with E-state index in [1.165, 1.54) is 0 Å². The number of hydrogen-bond donors (Lipinski definition) is 1. The molecule has 1 fully saturated rings. The van der Waals surface area contributed by atoms with Gasteiger partial charge in [0.1, 0.15) is 5.69 Å². The molecule has 0 unspecified atom stereocenters. The summed E-state index contributed by atoms with van der Waals surface area (Å²) in [4.78, 5) is 22.8. The Labute approximate surface area is 144 Å². The number of fused-ring (bicyclic) bond motifs is 1. The molecule has 0 atom stereocenters. The van der Waals surface area contributed by atoms with E-state index >= 15 is 0 Å². The highest BCUT2D eigenvalue weighted by Gasteiger charge is 2.19. The molecule has 4 rings (SSSR count). The molecule has 0 saturated carbocycles. The number of hydrogen-bond acceptors (Lipinski definition) is 6. The predicted molar refractivity (Wildman–Crippen MR) is 93.3 cm³/mol. The molecule has 2 aromatic heterocycles. The Morgan fingerprint density at radius 3 is 2.80 bits per heavy atom. The normalized spacial score (nSPS) is 14.8. The molecule has 1 aliphatic heterocycles. The van der Waals surface area contributed by atoms with Gasteiger partial charge in [-0.1, -0.05) is 12.1 Å². The summed E-state index contributed by atoms with van der Waals surface area (Å²) in [7, 11) is 1.87. The number of anilines is 1. The first kappa shape index (κ1) is 15.5. The van der Waals surface area contributed by atoms with E-state index in [1.807, 2.05) is 30.1 Å². The van der Waals surface area contributed by atoms with Crippen molar-refractivity contribution in [3.8, 4) is 11.1 Å². The van der Waals surface area contributed by atoms with Crippen LogP contribution in [0.2, 0.25) is 0 Å². The molecule has 1 aliphatic rings. The number of benzene rings is 1. The van der Waals surface area contributed by atoms with Gasteiger partial charge in [0.25, 0.3) is 5.91 Å². The molecule has 8 heteroatoms. The maximum atomic E-state index is 12.0. The van der Waals surface area contributed by atoms with Crippen molar-refractivity contribution in [1.29, 1.82) is 0 Å². The van der Waals surface area contributed by atoms with E-state index in [0.29, 0.717) is 37.8 Å². The molecule has 0 spiro atoms. The maximum Gasteiger partial charge on any atom is 0.268 e. The number of carbonyl (C=O) groups is 1. The third kappa shape index (κ3) is 2.80. The summed E-state index contributed by atoms with van der Waals surface area (Å²) in [5.41, 5.74) is 8.22. The van der Waals surface area contributed by atoms with Gasteiger partial charge in [-0.2, -0.15) is 5.10 Å². The van der Waals surface area contributed by atoms with Crippen LogP contribution < -0.4 is 10.6 Å². The first-order valence-electron chi connectivity index (χ1n) is 8.05. The highest BCUT2D eigenvalue weighted by atomic mass is 16.5. The summed E-state index contributed by atoms with van der Waals surface area (Å²) >= 11 is 0. The van der Waals surface area contributed by atoms with Crippen LogP contribution in [0.3, 0.4) is 0 Å². The zero-order chi connectivity index (χ0) is 17.4. The number of carbonyl (C=O) groups excluding carboxylic acids is 1. The smallest absolute Gasteiger partial charge is 0.268 e. The molecule has 0 aliphatic carbocycles. The van der Waals surface area contributed by atoms with Crippen LogP contribution in [0.1, 0.15) is 10.5 Å². The number of aryl methyl sites for hydroxylation is 1. The highest BCUT2D eigenvalue weighted by molar-refractivity contribution is 5.99. The molecule has 0 bridgehead atoms. The molecule has 0 radical (unpaired) electrons. The fourth-order valence-electron chi connectivity index (χ4n) is 3.00. The standard InChI is InChI=1S/C17H18N6O2/c1-22-14-8-11(2-3-12(14)9-20-22)13-10-19-17(21-15(13)16(18)24)23-4-6-25-7-5-23/h2-3,8-10H,4-7H2,1H3,(H2,18,24). The Morgan fingerprint density at radius 2 is 2.04 bits per heavy atom. The van der Waals surface area contributed by atoms with Crippen LogP contribution in [0.15, 0.2) is 30.6 Å². The summed E-state index contributed by atoms with van der Waals surface area (Å²) in [6.45, 7) is 2.62.